The van der Waals surface area contributed by atoms with E-state index < -0.39 is 12.0 Å². The Hall–Kier alpha value is -3.85. The Balaban J connectivity index is 1.95. The van der Waals surface area contributed by atoms with Crippen LogP contribution in [0.2, 0.25) is 0 Å². The molecule has 0 aliphatic carbocycles. The molecule has 0 fully saturated rings. The highest BCUT2D eigenvalue weighted by molar-refractivity contribution is 7.07. The van der Waals surface area contributed by atoms with Crippen LogP contribution in [0.15, 0.2) is 63.5 Å². The zero-order chi connectivity index (χ0) is 28.1. The summed E-state index contributed by atoms with van der Waals surface area (Å²) in [5.41, 5.74) is 1.97. The first-order valence-electron chi connectivity index (χ1n) is 13.1. The number of thiazole rings is 1. The Labute approximate surface area is 231 Å². The summed E-state index contributed by atoms with van der Waals surface area (Å²) in [7, 11) is 0. The SMILES string of the molecule is CCOC(=O)C1=C(C)N=c2s/c(=C\c3ccc(OCC)cc3OCC)c(=O)n2C1c1ccccc1OC(C)C. The van der Waals surface area contributed by atoms with Gasteiger partial charge >= 0.3 is 5.97 Å². The summed E-state index contributed by atoms with van der Waals surface area (Å²) in [6, 6.07) is 12.2. The standard InChI is InChI=1S/C30H34N2O6S/c1-7-35-21-15-14-20(24(17-21)36-8-2)16-25-28(33)32-27(22-12-10-11-13-23(22)38-18(4)5)26(29(34)37-9-3)19(6)31-30(32)39-25/h10-18,27H,7-9H2,1-6H3/b25-16-. The molecule has 0 amide bonds. The number of aromatic nitrogens is 1. The Kier molecular flexibility index (Phi) is 8.91. The highest BCUT2D eigenvalue weighted by Crippen LogP contribution is 2.36. The fraction of sp³-hybridized carbons (Fsp3) is 0.367. The molecular formula is C30H34N2O6S. The second-order valence-corrected chi connectivity index (χ2v) is 10.1. The fourth-order valence-corrected chi connectivity index (χ4v) is 5.50. The van der Waals surface area contributed by atoms with Gasteiger partial charge in [0, 0.05) is 17.2 Å². The Morgan fingerprint density at radius 1 is 1.05 bits per heavy atom. The molecule has 1 aliphatic heterocycles. The maximum absolute atomic E-state index is 14.0. The summed E-state index contributed by atoms with van der Waals surface area (Å²) in [4.78, 5) is 32.4. The van der Waals surface area contributed by atoms with Gasteiger partial charge in [-0.25, -0.2) is 9.79 Å². The van der Waals surface area contributed by atoms with E-state index in [1.807, 2.05) is 70.2 Å². The molecule has 8 nitrogen and oxygen atoms in total. The summed E-state index contributed by atoms with van der Waals surface area (Å²) in [5, 5.41) is 0. The largest absolute Gasteiger partial charge is 0.494 e. The van der Waals surface area contributed by atoms with Crippen molar-refractivity contribution in [2.45, 2.75) is 53.7 Å². The molecule has 1 aliphatic rings. The van der Waals surface area contributed by atoms with Crippen LogP contribution in [-0.2, 0) is 9.53 Å². The molecule has 3 aromatic rings. The first kappa shape index (κ1) is 28.2. The fourth-order valence-electron chi connectivity index (χ4n) is 4.47. The van der Waals surface area contributed by atoms with Crippen molar-refractivity contribution in [1.29, 1.82) is 0 Å². The van der Waals surface area contributed by atoms with Crippen LogP contribution in [-0.4, -0.2) is 36.5 Å². The van der Waals surface area contributed by atoms with Gasteiger partial charge in [0.05, 0.1) is 41.7 Å². The average Bonchev–Trinajstić information content (AvgIpc) is 3.19. The number of esters is 1. The molecule has 206 valence electrons. The molecular weight excluding hydrogens is 516 g/mol. The summed E-state index contributed by atoms with van der Waals surface area (Å²) in [6.07, 6.45) is 1.69. The van der Waals surface area contributed by atoms with Gasteiger partial charge in [0.1, 0.15) is 23.3 Å². The van der Waals surface area contributed by atoms with E-state index >= 15 is 0 Å². The zero-order valence-corrected chi connectivity index (χ0v) is 24.0. The number of carbonyl (C=O) groups excluding carboxylic acids is 1. The minimum Gasteiger partial charge on any atom is -0.494 e. The van der Waals surface area contributed by atoms with Crippen molar-refractivity contribution in [2.75, 3.05) is 19.8 Å². The molecule has 9 heteroatoms. The highest BCUT2D eigenvalue weighted by atomic mass is 32.1. The minimum absolute atomic E-state index is 0.102. The smallest absolute Gasteiger partial charge is 0.338 e. The molecule has 1 aromatic heterocycles. The third kappa shape index (κ3) is 5.93. The van der Waals surface area contributed by atoms with Gasteiger partial charge in [0.15, 0.2) is 4.80 Å². The Morgan fingerprint density at radius 2 is 1.79 bits per heavy atom. The van der Waals surface area contributed by atoms with Gasteiger partial charge in [-0.3, -0.25) is 9.36 Å². The van der Waals surface area contributed by atoms with Gasteiger partial charge in [-0.05, 0) is 65.8 Å². The summed E-state index contributed by atoms with van der Waals surface area (Å²) in [5.74, 6) is 1.39. The molecule has 1 atom stereocenters. The van der Waals surface area contributed by atoms with Crippen LogP contribution in [0.4, 0.5) is 0 Å². The number of para-hydroxylation sites is 1. The maximum atomic E-state index is 14.0. The summed E-state index contributed by atoms with van der Waals surface area (Å²) < 4.78 is 25.0. The summed E-state index contributed by atoms with van der Waals surface area (Å²) >= 11 is 1.26. The molecule has 1 unspecified atom stereocenters. The van der Waals surface area contributed by atoms with Crippen LogP contribution < -0.4 is 29.1 Å². The van der Waals surface area contributed by atoms with E-state index in [2.05, 4.69) is 4.99 Å². The van der Waals surface area contributed by atoms with E-state index in [4.69, 9.17) is 18.9 Å². The lowest BCUT2D eigenvalue weighted by molar-refractivity contribution is -0.139. The Morgan fingerprint density at radius 3 is 2.49 bits per heavy atom. The van der Waals surface area contributed by atoms with Gasteiger partial charge in [0.2, 0.25) is 0 Å². The lowest BCUT2D eigenvalue weighted by atomic mass is 9.95. The molecule has 2 heterocycles. The first-order chi connectivity index (χ1) is 18.8. The molecule has 0 saturated carbocycles. The average molecular weight is 551 g/mol. The first-order valence-corrected chi connectivity index (χ1v) is 13.9. The molecule has 2 aromatic carbocycles. The lowest BCUT2D eigenvalue weighted by Crippen LogP contribution is -2.40. The number of nitrogens with zero attached hydrogens (tertiary/aromatic N) is 2. The number of ether oxygens (including phenoxy) is 4. The van der Waals surface area contributed by atoms with Crippen LogP contribution in [0.5, 0.6) is 17.2 Å². The number of fused-ring (bicyclic) bond motifs is 1. The van der Waals surface area contributed by atoms with Crippen LogP contribution in [0.3, 0.4) is 0 Å². The van der Waals surface area contributed by atoms with Gasteiger partial charge in [0.25, 0.3) is 5.56 Å². The van der Waals surface area contributed by atoms with Gasteiger partial charge in [-0.2, -0.15) is 0 Å². The molecule has 0 radical (unpaired) electrons. The van der Waals surface area contributed by atoms with Crippen molar-refractivity contribution >= 4 is 23.4 Å². The number of carbonyl (C=O) groups is 1. The van der Waals surface area contributed by atoms with E-state index in [-0.39, 0.29) is 18.3 Å². The molecule has 39 heavy (non-hydrogen) atoms. The minimum atomic E-state index is -0.760. The van der Waals surface area contributed by atoms with Crippen LogP contribution in [0.25, 0.3) is 6.08 Å². The van der Waals surface area contributed by atoms with Crippen LogP contribution in [0.1, 0.15) is 58.7 Å². The number of rotatable bonds is 10. The molecule has 4 rings (SSSR count). The van der Waals surface area contributed by atoms with E-state index in [0.717, 1.165) is 5.56 Å². The third-order valence-electron chi connectivity index (χ3n) is 5.98. The molecule has 0 N–H and O–H groups in total. The molecule has 0 saturated heterocycles. The van der Waals surface area contributed by atoms with Gasteiger partial charge < -0.3 is 18.9 Å². The number of benzene rings is 2. The normalized spacial score (nSPS) is 15.2. The van der Waals surface area contributed by atoms with Crippen LogP contribution >= 0.6 is 11.3 Å². The molecule has 0 spiro atoms. The van der Waals surface area contributed by atoms with Gasteiger partial charge in [-0.15, -0.1) is 0 Å². The molecule has 0 bridgehead atoms. The van der Waals surface area contributed by atoms with E-state index in [1.165, 1.54) is 11.3 Å². The lowest BCUT2D eigenvalue weighted by Gasteiger charge is -2.26. The monoisotopic (exact) mass is 550 g/mol. The van der Waals surface area contributed by atoms with Crippen molar-refractivity contribution in [2.24, 2.45) is 4.99 Å². The predicted molar refractivity (Wildman–Crippen MR) is 151 cm³/mol. The predicted octanol–water partition coefficient (Wildman–Crippen LogP) is 4.38. The van der Waals surface area contributed by atoms with Crippen molar-refractivity contribution in [3.8, 4) is 17.2 Å². The maximum Gasteiger partial charge on any atom is 0.338 e. The third-order valence-corrected chi connectivity index (χ3v) is 6.96. The number of hydrogen-bond donors (Lipinski definition) is 0. The zero-order valence-electron chi connectivity index (χ0n) is 23.1. The summed E-state index contributed by atoms with van der Waals surface area (Å²) in [6.45, 7) is 12.4. The topological polar surface area (TPSA) is 88.4 Å². The van der Waals surface area contributed by atoms with E-state index in [0.29, 0.717) is 56.6 Å². The highest BCUT2D eigenvalue weighted by Gasteiger charge is 2.35. The van der Waals surface area contributed by atoms with Crippen LogP contribution in [0, 0.1) is 0 Å². The van der Waals surface area contributed by atoms with Gasteiger partial charge in [-0.1, -0.05) is 29.5 Å². The van der Waals surface area contributed by atoms with Crippen molar-refractivity contribution in [3.05, 3.63) is 84.5 Å². The number of allylic oxidation sites excluding steroid dienone is 1. The van der Waals surface area contributed by atoms with Crippen molar-refractivity contribution in [1.82, 2.24) is 4.57 Å². The second-order valence-electron chi connectivity index (χ2n) is 9.07. The number of hydrogen-bond acceptors (Lipinski definition) is 8. The quantitative estimate of drug-likeness (QED) is 0.348. The van der Waals surface area contributed by atoms with Crippen molar-refractivity contribution in [3.63, 3.8) is 0 Å². The second kappa shape index (κ2) is 12.3. The van der Waals surface area contributed by atoms with E-state index in [1.54, 1.807) is 24.5 Å². The van der Waals surface area contributed by atoms with Crippen molar-refractivity contribution < 1.29 is 23.7 Å². The Bertz CT molecular complexity index is 1570. The van der Waals surface area contributed by atoms with E-state index in [9.17, 15) is 9.59 Å².